The van der Waals surface area contributed by atoms with Gasteiger partial charge in [-0.15, -0.1) is 0 Å². The summed E-state index contributed by atoms with van der Waals surface area (Å²) in [6.45, 7) is 0. The van der Waals surface area contributed by atoms with E-state index < -0.39 is 5.97 Å². The van der Waals surface area contributed by atoms with Crippen molar-refractivity contribution in [2.24, 2.45) is 5.10 Å². The van der Waals surface area contributed by atoms with Gasteiger partial charge >= 0.3 is 5.97 Å². The summed E-state index contributed by atoms with van der Waals surface area (Å²) >= 11 is 15.4. The summed E-state index contributed by atoms with van der Waals surface area (Å²) in [5, 5.41) is 6.40. The van der Waals surface area contributed by atoms with Crippen LogP contribution >= 0.6 is 39.1 Å². The molecule has 0 spiro atoms. The molecule has 0 heterocycles. The van der Waals surface area contributed by atoms with Crippen LogP contribution in [0.2, 0.25) is 10.0 Å². The third kappa shape index (κ3) is 5.42. The van der Waals surface area contributed by atoms with Crippen LogP contribution in [0.1, 0.15) is 26.3 Å². The maximum Gasteiger partial charge on any atom is 0.345 e. The van der Waals surface area contributed by atoms with Gasteiger partial charge in [-0.1, -0.05) is 69.5 Å². The molecule has 0 aliphatic rings. The van der Waals surface area contributed by atoms with Crippen LogP contribution < -0.4 is 10.2 Å². The van der Waals surface area contributed by atoms with E-state index in [4.69, 9.17) is 27.9 Å². The largest absolute Gasteiger partial charge is 0.422 e. The third-order valence-electron chi connectivity index (χ3n) is 4.75. The number of hydrazone groups is 1. The Morgan fingerprint density at radius 1 is 0.939 bits per heavy atom. The van der Waals surface area contributed by atoms with Crippen molar-refractivity contribution < 1.29 is 14.3 Å². The van der Waals surface area contributed by atoms with Gasteiger partial charge in [0.15, 0.2) is 0 Å². The van der Waals surface area contributed by atoms with Gasteiger partial charge in [0.25, 0.3) is 5.91 Å². The van der Waals surface area contributed by atoms with E-state index in [0.717, 1.165) is 15.2 Å². The molecule has 0 saturated heterocycles. The van der Waals surface area contributed by atoms with E-state index in [1.807, 2.05) is 30.3 Å². The fourth-order valence-electron chi connectivity index (χ4n) is 3.13. The lowest BCUT2D eigenvalue weighted by Crippen LogP contribution is -2.17. The Morgan fingerprint density at radius 2 is 1.70 bits per heavy atom. The lowest BCUT2D eigenvalue weighted by atomic mass is 10.0. The zero-order valence-corrected chi connectivity index (χ0v) is 20.0. The minimum absolute atomic E-state index is 0.181. The molecule has 0 aliphatic heterocycles. The van der Waals surface area contributed by atoms with Crippen LogP contribution in [0.3, 0.4) is 0 Å². The molecule has 33 heavy (non-hydrogen) atoms. The second kappa shape index (κ2) is 10.2. The van der Waals surface area contributed by atoms with Crippen LogP contribution in [0.4, 0.5) is 0 Å². The Hall–Kier alpha value is -3.19. The van der Waals surface area contributed by atoms with Gasteiger partial charge in [-0.05, 0) is 59.3 Å². The molecule has 1 amide bonds. The Balaban J connectivity index is 1.63. The summed E-state index contributed by atoms with van der Waals surface area (Å²) in [5.74, 6) is -0.739. The Kier molecular flexibility index (Phi) is 7.08. The second-order valence-electron chi connectivity index (χ2n) is 6.92. The van der Waals surface area contributed by atoms with Gasteiger partial charge in [-0.3, -0.25) is 4.79 Å². The first kappa shape index (κ1) is 23.0. The average molecular weight is 542 g/mol. The molecule has 4 aromatic rings. The molecule has 0 aromatic heterocycles. The number of carbonyl (C=O) groups excluding carboxylic acids is 2. The first-order valence-corrected chi connectivity index (χ1v) is 11.3. The first-order valence-electron chi connectivity index (χ1n) is 9.70. The summed E-state index contributed by atoms with van der Waals surface area (Å²) in [4.78, 5) is 25.1. The van der Waals surface area contributed by atoms with Gasteiger partial charge in [0, 0.05) is 20.6 Å². The predicted molar refractivity (Wildman–Crippen MR) is 135 cm³/mol. The molecule has 0 atom stereocenters. The van der Waals surface area contributed by atoms with Gasteiger partial charge in [0.2, 0.25) is 0 Å². The molecule has 0 fully saturated rings. The maximum atomic E-state index is 12.8. The minimum Gasteiger partial charge on any atom is -0.422 e. The molecule has 1 N–H and O–H groups in total. The molecule has 8 heteroatoms. The van der Waals surface area contributed by atoms with Gasteiger partial charge in [0.05, 0.1) is 16.8 Å². The smallest absolute Gasteiger partial charge is 0.345 e. The predicted octanol–water partition coefficient (Wildman–Crippen LogP) is 6.89. The molecule has 0 saturated carbocycles. The number of esters is 1. The summed E-state index contributed by atoms with van der Waals surface area (Å²) in [5.41, 5.74) is 3.67. The highest BCUT2D eigenvalue weighted by molar-refractivity contribution is 9.10. The van der Waals surface area contributed by atoms with Crippen LogP contribution in [0.25, 0.3) is 10.8 Å². The molecular formula is C25H15BrCl2N2O3. The van der Waals surface area contributed by atoms with E-state index >= 15 is 0 Å². The van der Waals surface area contributed by atoms with Gasteiger partial charge < -0.3 is 4.74 Å². The van der Waals surface area contributed by atoms with Crippen LogP contribution in [0, 0.1) is 0 Å². The van der Waals surface area contributed by atoms with Crippen molar-refractivity contribution in [3.63, 3.8) is 0 Å². The molecule has 164 valence electrons. The maximum absolute atomic E-state index is 12.8. The van der Waals surface area contributed by atoms with E-state index in [0.29, 0.717) is 16.1 Å². The number of hydrogen-bond donors (Lipinski definition) is 1. The van der Waals surface area contributed by atoms with Crippen molar-refractivity contribution >= 4 is 68.0 Å². The molecular weight excluding hydrogens is 527 g/mol. The number of nitrogens with one attached hydrogen (secondary N) is 1. The topological polar surface area (TPSA) is 67.8 Å². The average Bonchev–Trinajstić information content (AvgIpc) is 2.80. The Morgan fingerprint density at radius 3 is 2.45 bits per heavy atom. The van der Waals surface area contributed by atoms with E-state index in [1.165, 1.54) is 18.3 Å². The fraction of sp³-hybridized carbons (Fsp3) is 0. The quantitative estimate of drug-likeness (QED) is 0.129. The third-order valence-corrected chi connectivity index (χ3v) is 5.83. The Labute approximate surface area is 208 Å². The van der Waals surface area contributed by atoms with Crippen molar-refractivity contribution in [3.05, 3.63) is 110 Å². The summed E-state index contributed by atoms with van der Waals surface area (Å²) in [6.07, 6.45) is 1.45. The van der Waals surface area contributed by atoms with E-state index in [9.17, 15) is 9.59 Å². The molecule has 0 bridgehead atoms. The number of nitrogens with zero attached hydrogens (tertiary/aromatic N) is 1. The Bertz CT molecular complexity index is 1390. The molecule has 5 nitrogen and oxygen atoms in total. The number of amides is 1. The van der Waals surface area contributed by atoms with E-state index in [1.54, 1.807) is 36.4 Å². The van der Waals surface area contributed by atoms with Crippen LogP contribution in [0.15, 0.2) is 88.4 Å². The number of carbonyl (C=O) groups is 2. The van der Waals surface area contributed by atoms with E-state index in [2.05, 4.69) is 26.5 Å². The van der Waals surface area contributed by atoms with Gasteiger partial charge in [0.1, 0.15) is 5.75 Å². The summed E-state index contributed by atoms with van der Waals surface area (Å²) < 4.78 is 6.51. The van der Waals surface area contributed by atoms with Gasteiger partial charge in [-0.25, -0.2) is 10.2 Å². The SMILES string of the molecule is O=C(N/N=C/c1c(OC(=O)c2ccc(Cl)cc2Cl)ccc2ccccc12)c1ccc(Br)cc1. The first-order chi connectivity index (χ1) is 15.9. The van der Waals surface area contributed by atoms with Crippen molar-refractivity contribution in [2.45, 2.75) is 0 Å². The number of fused-ring (bicyclic) bond motifs is 1. The van der Waals surface area contributed by atoms with Crippen molar-refractivity contribution in [3.8, 4) is 5.75 Å². The molecule has 4 rings (SSSR count). The number of hydrogen-bond acceptors (Lipinski definition) is 4. The molecule has 0 aliphatic carbocycles. The van der Waals surface area contributed by atoms with Crippen LogP contribution in [-0.2, 0) is 0 Å². The number of halogens is 3. The summed E-state index contributed by atoms with van der Waals surface area (Å²) in [7, 11) is 0. The number of benzene rings is 4. The van der Waals surface area contributed by atoms with Crippen molar-refractivity contribution in [1.82, 2.24) is 5.43 Å². The van der Waals surface area contributed by atoms with Crippen molar-refractivity contribution in [1.29, 1.82) is 0 Å². The van der Waals surface area contributed by atoms with Gasteiger partial charge in [-0.2, -0.15) is 5.10 Å². The number of rotatable bonds is 5. The lowest BCUT2D eigenvalue weighted by Gasteiger charge is -2.11. The second-order valence-corrected chi connectivity index (χ2v) is 8.68. The molecule has 0 unspecified atom stereocenters. The highest BCUT2D eigenvalue weighted by Gasteiger charge is 2.16. The molecule has 0 radical (unpaired) electrons. The lowest BCUT2D eigenvalue weighted by molar-refractivity contribution is 0.0734. The van der Waals surface area contributed by atoms with Crippen LogP contribution in [-0.4, -0.2) is 18.1 Å². The highest BCUT2D eigenvalue weighted by atomic mass is 79.9. The molecule has 4 aromatic carbocycles. The standard InChI is InChI=1S/C25H15BrCl2N2O3/c26-17-8-5-16(6-9-17)24(31)30-29-14-21-19-4-2-1-3-15(19)7-12-23(21)33-25(32)20-11-10-18(27)13-22(20)28/h1-14H,(H,30,31)/b29-14+. The van der Waals surface area contributed by atoms with E-state index in [-0.39, 0.29) is 22.2 Å². The monoisotopic (exact) mass is 540 g/mol. The highest BCUT2D eigenvalue weighted by Crippen LogP contribution is 2.29. The number of ether oxygens (including phenoxy) is 1. The minimum atomic E-state index is -0.638. The van der Waals surface area contributed by atoms with Crippen molar-refractivity contribution in [2.75, 3.05) is 0 Å². The zero-order chi connectivity index (χ0) is 23.4. The summed E-state index contributed by atoms with van der Waals surface area (Å²) in [6, 6.07) is 22.5. The zero-order valence-electron chi connectivity index (χ0n) is 16.9. The normalized spacial score (nSPS) is 11.0. The fourth-order valence-corrected chi connectivity index (χ4v) is 3.88. The van der Waals surface area contributed by atoms with Crippen LogP contribution in [0.5, 0.6) is 5.75 Å².